The van der Waals surface area contributed by atoms with Crippen LogP contribution in [0.5, 0.6) is 0 Å². The molecule has 5 aromatic rings. The Morgan fingerprint density at radius 3 is 2.26 bits per heavy atom. The van der Waals surface area contributed by atoms with Crippen molar-refractivity contribution in [1.29, 1.82) is 0 Å². The van der Waals surface area contributed by atoms with E-state index in [9.17, 15) is 19.2 Å². The van der Waals surface area contributed by atoms with Crippen LogP contribution < -0.4 is 21.0 Å². The topological polar surface area (TPSA) is 124 Å². The molecule has 0 spiro atoms. The van der Waals surface area contributed by atoms with Crippen molar-refractivity contribution < 1.29 is 14.4 Å². The summed E-state index contributed by atoms with van der Waals surface area (Å²) in [6.07, 6.45) is 2.35. The molecule has 2 saturated heterocycles. The van der Waals surface area contributed by atoms with Crippen LogP contribution in [0.4, 0.5) is 11.5 Å². The number of rotatable bonds is 7. The van der Waals surface area contributed by atoms with Crippen LogP contribution in [0.1, 0.15) is 40.5 Å². The molecular formula is C35H38N8O4. The minimum Gasteiger partial charge on any atom is -0.353 e. The fraction of sp³-hybridized carbons (Fsp3) is 0.343. The largest absolute Gasteiger partial charge is 0.353 e. The van der Waals surface area contributed by atoms with Gasteiger partial charge in [-0.3, -0.25) is 23.6 Å². The average molecular weight is 635 g/mol. The molecule has 0 aliphatic carbocycles. The number of aromatic nitrogens is 3. The molecule has 5 heterocycles. The predicted molar refractivity (Wildman–Crippen MR) is 182 cm³/mol. The smallest absolute Gasteiger partial charge is 0.259 e. The Labute approximate surface area is 271 Å². The molecule has 0 unspecified atom stereocenters. The van der Waals surface area contributed by atoms with Gasteiger partial charge in [0.2, 0.25) is 11.3 Å². The van der Waals surface area contributed by atoms with Crippen LogP contribution in [0, 0.1) is 0 Å². The Balaban J connectivity index is 1.17. The number of anilines is 2. The van der Waals surface area contributed by atoms with Crippen LogP contribution in [0.3, 0.4) is 0 Å². The van der Waals surface area contributed by atoms with Crippen LogP contribution in [0.15, 0.2) is 65.5 Å². The second-order valence-corrected chi connectivity index (χ2v) is 12.3. The van der Waals surface area contributed by atoms with Gasteiger partial charge < -0.3 is 29.9 Å². The number of nitrogens with one attached hydrogen (secondary N) is 2. The van der Waals surface area contributed by atoms with Gasteiger partial charge in [-0.15, -0.1) is 0 Å². The van der Waals surface area contributed by atoms with Gasteiger partial charge in [0.25, 0.3) is 11.8 Å². The number of carbonyl (C=O) groups is 3. The summed E-state index contributed by atoms with van der Waals surface area (Å²) in [5, 5.41) is 6.10. The van der Waals surface area contributed by atoms with Crippen LogP contribution in [0.25, 0.3) is 27.7 Å². The molecule has 47 heavy (non-hydrogen) atoms. The Bertz CT molecular complexity index is 2070. The van der Waals surface area contributed by atoms with Crippen LogP contribution >= 0.6 is 0 Å². The Morgan fingerprint density at radius 1 is 0.851 bits per heavy atom. The van der Waals surface area contributed by atoms with Gasteiger partial charge >= 0.3 is 0 Å². The normalized spacial score (nSPS) is 15.5. The van der Waals surface area contributed by atoms with E-state index in [0.717, 1.165) is 30.7 Å². The van der Waals surface area contributed by atoms with E-state index in [1.807, 2.05) is 51.2 Å². The second-order valence-electron chi connectivity index (χ2n) is 12.3. The number of fused-ring (bicyclic) bond motifs is 5. The minimum absolute atomic E-state index is 0.0688. The number of likely N-dealkylation sites (tertiary alicyclic amines) is 1. The van der Waals surface area contributed by atoms with Crippen molar-refractivity contribution in [3.05, 3.63) is 82.0 Å². The van der Waals surface area contributed by atoms with E-state index >= 15 is 0 Å². The zero-order valence-corrected chi connectivity index (χ0v) is 26.7. The van der Waals surface area contributed by atoms with Crippen molar-refractivity contribution in [2.24, 2.45) is 7.05 Å². The van der Waals surface area contributed by atoms with Gasteiger partial charge in [0.15, 0.2) is 5.65 Å². The molecule has 3 aromatic heterocycles. The Kier molecular flexibility index (Phi) is 8.10. The van der Waals surface area contributed by atoms with Gasteiger partial charge in [-0.1, -0.05) is 12.1 Å². The van der Waals surface area contributed by atoms with Gasteiger partial charge in [0, 0.05) is 64.5 Å². The molecule has 2 aromatic carbocycles. The molecule has 2 aliphatic rings. The number of benzene rings is 2. The summed E-state index contributed by atoms with van der Waals surface area (Å²) in [4.78, 5) is 63.5. The van der Waals surface area contributed by atoms with Crippen molar-refractivity contribution in [3.63, 3.8) is 0 Å². The number of carbonyl (C=O) groups excluding carboxylic acids is 3. The molecule has 2 fully saturated rings. The standard InChI is InChI=1S/C35H38N8O4/c1-23(44)37-25-11-9-24(10-12-25)35(47)42-21-19-41(20-22-42)29-14-13-26-31(45)30(33(46)36-15-18-40-16-5-6-17-40)34-39(2)27-7-3-4-8-28(27)43(34)32(26)38-29/h3-4,7-14H,5-6,15-22H2,1-2H3,(H,36,46)(H,37,44). The van der Waals surface area contributed by atoms with E-state index in [1.165, 1.54) is 19.8 Å². The summed E-state index contributed by atoms with van der Waals surface area (Å²) < 4.78 is 3.82. The van der Waals surface area contributed by atoms with Crippen molar-refractivity contribution in [2.75, 3.05) is 62.6 Å². The Hall–Kier alpha value is -5.23. The summed E-state index contributed by atoms with van der Waals surface area (Å²) in [5.74, 6) is 0.0888. The van der Waals surface area contributed by atoms with Crippen molar-refractivity contribution in [2.45, 2.75) is 19.8 Å². The number of para-hydroxylation sites is 2. The Morgan fingerprint density at radius 2 is 1.55 bits per heavy atom. The quantitative estimate of drug-likeness (QED) is 0.282. The number of hydrogen-bond acceptors (Lipinski definition) is 7. The summed E-state index contributed by atoms with van der Waals surface area (Å²) >= 11 is 0. The molecule has 3 amide bonds. The number of nitrogens with zero attached hydrogens (tertiary/aromatic N) is 6. The second kappa shape index (κ2) is 12.5. The first-order valence-corrected chi connectivity index (χ1v) is 16.2. The lowest BCUT2D eigenvalue weighted by Gasteiger charge is -2.35. The molecule has 12 nitrogen and oxygen atoms in total. The van der Waals surface area contributed by atoms with Gasteiger partial charge in [-0.05, 0) is 74.5 Å². The highest BCUT2D eigenvalue weighted by Gasteiger charge is 2.27. The van der Waals surface area contributed by atoms with E-state index in [4.69, 9.17) is 4.98 Å². The zero-order chi connectivity index (χ0) is 32.7. The third-order valence-corrected chi connectivity index (χ3v) is 9.26. The summed E-state index contributed by atoms with van der Waals surface area (Å²) in [7, 11) is 1.87. The van der Waals surface area contributed by atoms with Gasteiger partial charge in [-0.2, -0.15) is 0 Å². The summed E-state index contributed by atoms with van der Waals surface area (Å²) in [5.41, 5.74) is 3.71. The van der Waals surface area contributed by atoms with E-state index < -0.39 is 0 Å². The van der Waals surface area contributed by atoms with Crippen molar-refractivity contribution in [3.8, 4) is 0 Å². The maximum Gasteiger partial charge on any atom is 0.259 e. The number of pyridine rings is 2. The molecule has 2 aliphatic heterocycles. The van der Waals surface area contributed by atoms with E-state index in [1.54, 1.807) is 30.3 Å². The van der Waals surface area contributed by atoms with E-state index in [-0.39, 0.29) is 28.7 Å². The molecule has 0 saturated carbocycles. The third kappa shape index (κ3) is 5.69. The fourth-order valence-corrected chi connectivity index (χ4v) is 6.85. The number of hydrogen-bond donors (Lipinski definition) is 2. The first-order valence-electron chi connectivity index (χ1n) is 16.2. The zero-order valence-electron chi connectivity index (χ0n) is 26.7. The third-order valence-electron chi connectivity index (χ3n) is 9.26. The first-order chi connectivity index (χ1) is 22.8. The molecule has 2 N–H and O–H groups in total. The van der Waals surface area contributed by atoms with E-state index in [2.05, 4.69) is 20.4 Å². The fourth-order valence-electron chi connectivity index (χ4n) is 6.85. The number of piperazine rings is 1. The molecule has 7 rings (SSSR count). The molecule has 0 atom stereocenters. The summed E-state index contributed by atoms with van der Waals surface area (Å²) in [6, 6.07) is 18.3. The molecule has 242 valence electrons. The number of imidazole rings is 1. The highest BCUT2D eigenvalue weighted by molar-refractivity contribution is 6.06. The van der Waals surface area contributed by atoms with Crippen LogP contribution in [-0.4, -0.2) is 93.8 Å². The predicted octanol–water partition coefficient (Wildman–Crippen LogP) is 3.09. The van der Waals surface area contributed by atoms with Gasteiger partial charge in [-0.25, -0.2) is 4.98 Å². The lowest BCUT2D eigenvalue weighted by atomic mass is 10.1. The molecule has 0 radical (unpaired) electrons. The molecular weight excluding hydrogens is 596 g/mol. The average Bonchev–Trinajstić information content (AvgIpc) is 3.71. The lowest BCUT2D eigenvalue weighted by molar-refractivity contribution is -0.114. The number of aryl methyl sites for hydroxylation is 1. The van der Waals surface area contributed by atoms with E-state index in [0.29, 0.717) is 66.5 Å². The lowest BCUT2D eigenvalue weighted by Crippen LogP contribution is -2.49. The van der Waals surface area contributed by atoms with Crippen LogP contribution in [0.2, 0.25) is 0 Å². The SMILES string of the molecule is CC(=O)Nc1ccc(C(=O)N2CCN(c3ccc4c(=O)c(C(=O)NCCN5CCCC5)c5n(C)c6ccccc6n5c4n3)CC2)cc1. The maximum atomic E-state index is 14.0. The minimum atomic E-state index is -0.380. The maximum absolute atomic E-state index is 14.0. The van der Waals surface area contributed by atoms with Crippen molar-refractivity contribution >= 4 is 56.9 Å². The number of amides is 3. The van der Waals surface area contributed by atoms with Gasteiger partial charge in [0.1, 0.15) is 17.0 Å². The molecule has 12 heteroatoms. The summed E-state index contributed by atoms with van der Waals surface area (Å²) in [6.45, 7) is 6.90. The molecule has 0 bridgehead atoms. The van der Waals surface area contributed by atoms with Crippen molar-refractivity contribution in [1.82, 2.24) is 29.1 Å². The first kappa shape index (κ1) is 30.4. The highest BCUT2D eigenvalue weighted by atomic mass is 16.2. The van der Waals surface area contributed by atoms with Crippen LogP contribution in [-0.2, 0) is 11.8 Å². The van der Waals surface area contributed by atoms with Gasteiger partial charge in [0.05, 0.1) is 16.4 Å². The highest BCUT2D eigenvalue weighted by Crippen LogP contribution is 2.27. The monoisotopic (exact) mass is 634 g/mol.